The number of alkyl halides is 30. The maximum Gasteiger partial charge on any atom is 0.500 e. The van der Waals surface area contributed by atoms with Gasteiger partial charge in [0.25, 0.3) is 10.2 Å². The van der Waals surface area contributed by atoms with Crippen molar-refractivity contribution >= 4 is 39.6 Å². The molecule has 0 saturated carbocycles. The van der Waals surface area contributed by atoms with Crippen molar-refractivity contribution in [2.75, 3.05) is 42.7 Å². The third-order valence-corrected chi connectivity index (χ3v) is 16.6. The van der Waals surface area contributed by atoms with E-state index < -0.39 is 173 Å². The quantitative estimate of drug-likeness (QED) is 0.0561. The zero-order valence-electron chi connectivity index (χ0n) is 35.4. The molecule has 0 aromatic heterocycles. The minimum absolute atomic E-state index is 0.549. The first-order valence-electron chi connectivity index (χ1n) is 17.8. The number of hydrogen-bond acceptors (Lipinski definition) is 9. The molecule has 0 bridgehead atoms. The predicted octanol–water partition coefficient (Wildman–Crippen LogP) is 12.1. The summed E-state index contributed by atoms with van der Waals surface area (Å²) < 4.78 is 458. The van der Waals surface area contributed by atoms with Gasteiger partial charge in [0.2, 0.25) is 0 Å². The Morgan fingerprint density at radius 2 is 0.549 bits per heavy atom. The lowest BCUT2D eigenvalue weighted by molar-refractivity contribution is -0.425. The first kappa shape index (κ1) is 68.8. The van der Waals surface area contributed by atoms with E-state index in [1.54, 1.807) is 0 Å². The van der Waals surface area contributed by atoms with Gasteiger partial charge in [0.15, 0.2) is 0 Å². The molecule has 0 heterocycles. The number of halogens is 30. The van der Waals surface area contributed by atoms with Crippen molar-refractivity contribution in [3.05, 3.63) is 0 Å². The van der Waals surface area contributed by atoms with Gasteiger partial charge in [0, 0.05) is 66.6 Å². The molecule has 0 fully saturated rings. The van der Waals surface area contributed by atoms with E-state index in [4.69, 9.17) is 0 Å². The van der Waals surface area contributed by atoms with Crippen LogP contribution in [-0.2, 0) is 36.1 Å². The van der Waals surface area contributed by atoms with E-state index in [2.05, 4.69) is 26.6 Å². The normalized spacial score (nSPS) is 16.6. The number of carbonyl (C=O) groups excluding carboxylic acids is 2. The fourth-order valence-electron chi connectivity index (χ4n) is 5.78. The lowest BCUT2D eigenvalue weighted by Crippen LogP contribution is -2.73. The average molecular weight is 1180 g/mol. The Morgan fingerprint density at radius 1 is 0.352 bits per heavy atom. The van der Waals surface area contributed by atoms with Crippen molar-refractivity contribution in [1.29, 1.82) is 0 Å². The van der Waals surface area contributed by atoms with E-state index in [0.29, 0.717) is 42.7 Å². The van der Waals surface area contributed by atoms with Crippen LogP contribution < -0.4 is 0 Å². The van der Waals surface area contributed by atoms with Gasteiger partial charge in [-0.3, -0.25) is 9.59 Å². The highest BCUT2D eigenvalue weighted by Crippen LogP contribution is 2.65. The second-order valence-corrected chi connectivity index (χ2v) is 21.5. The standard InChI is InChI=1S/C30H32F30O8SSi2/c1-63-70(64-2,65-3)9-7-13(11-17(31,32)33)19(37,38)23(45,46)27(53,54)29(57,58)25(49,50)21(41,42)15(61)69-16(62)22(43,44)26(51,52)30(59,60)28(55,56)24(47,48)20(39,40)14(12-18(34,35)36)8-10-71(66-4,67-5)68-6/h13-14H,7-12H2,1-6H3. The molecule has 0 aromatic carbocycles. The zero-order chi connectivity index (χ0) is 57.5. The molecule has 8 nitrogen and oxygen atoms in total. The summed E-state index contributed by atoms with van der Waals surface area (Å²) in [5.41, 5.74) is 0. The van der Waals surface area contributed by atoms with Crippen LogP contribution >= 0.6 is 11.8 Å². The third-order valence-electron chi connectivity index (χ3n) is 10.1. The van der Waals surface area contributed by atoms with Crippen LogP contribution in [0.3, 0.4) is 0 Å². The Balaban J connectivity index is 7.36. The molecule has 0 aliphatic carbocycles. The molecule has 0 aromatic rings. The van der Waals surface area contributed by atoms with Gasteiger partial charge in [0.05, 0.1) is 12.8 Å². The number of hydrogen-bond donors (Lipinski definition) is 0. The van der Waals surface area contributed by atoms with Crippen molar-refractivity contribution in [3.63, 3.8) is 0 Å². The van der Waals surface area contributed by atoms with Crippen molar-refractivity contribution in [1.82, 2.24) is 0 Å². The van der Waals surface area contributed by atoms with Crippen LogP contribution in [0.5, 0.6) is 0 Å². The predicted molar refractivity (Wildman–Crippen MR) is 178 cm³/mol. The number of thioether (sulfide) groups is 1. The van der Waals surface area contributed by atoms with Crippen LogP contribution in [0.1, 0.15) is 25.7 Å². The van der Waals surface area contributed by atoms with Gasteiger partial charge in [0.1, 0.15) is 0 Å². The van der Waals surface area contributed by atoms with E-state index in [-0.39, 0.29) is 0 Å². The minimum atomic E-state index is -9.11. The van der Waals surface area contributed by atoms with Gasteiger partial charge in [-0.1, -0.05) is 0 Å². The molecule has 71 heavy (non-hydrogen) atoms. The lowest BCUT2D eigenvalue weighted by atomic mass is 9.83. The lowest BCUT2D eigenvalue weighted by Gasteiger charge is -2.43. The second-order valence-electron chi connectivity index (χ2n) is 14.4. The molecule has 2 atom stereocenters. The monoisotopic (exact) mass is 1180 g/mol. The zero-order valence-corrected chi connectivity index (χ0v) is 38.2. The Hall–Kier alpha value is -2.22. The van der Waals surface area contributed by atoms with E-state index in [9.17, 15) is 141 Å². The third kappa shape index (κ3) is 12.1. The smallest absolute Gasteiger partial charge is 0.377 e. The summed E-state index contributed by atoms with van der Waals surface area (Å²) >= 11 is -3.58. The highest BCUT2D eigenvalue weighted by Gasteiger charge is 2.94. The van der Waals surface area contributed by atoms with Gasteiger partial charge in [-0.2, -0.15) is 132 Å². The topological polar surface area (TPSA) is 89.5 Å². The van der Waals surface area contributed by atoms with E-state index in [1.807, 2.05) is 0 Å². The maximum absolute atomic E-state index is 15.0. The molecule has 0 spiro atoms. The molecule has 0 aliphatic rings. The van der Waals surface area contributed by atoms with Crippen LogP contribution in [0.2, 0.25) is 12.1 Å². The molecule has 41 heteroatoms. The molecule has 0 rings (SSSR count). The average Bonchev–Trinajstić information content (AvgIpc) is 3.22. The molecule has 0 N–H and O–H groups in total. The summed E-state index contributed by atoms with van der Waals surface area (Å²) in [7, 11) is -5.90. The van der Waals surface area contributed by atoms with Crippen molar-refractivity contribution in [2.45, 2.75) is 121 Å². The largest absolute Gasteiger partial charge is 0.500 e. The van der Waals surface area contributed by atoms with Gasteiger partial charge < -0.3 is 26.6 Å². The van der Waals surface area contributed by atoms with Crippen LogP contribution in [0.15, 0.2) is 0 Å². The summed E-state index contributed by atoms with van der Waals surface area (Å²) in [5.74, 6) is -112. The Kier molecular flexibility index (Phi) is 20.8. The molecule has 0 aliphatic heterocycles. The minimum Gasteiger partial charge on any atom is -0.377 e. The fourth-order valence-corrected chi connectivity index (χ4v) is 10.1. The Labute approximate surface area is 383 Å². The van der Waals surface area contributed by atoms with Crippen molar-refractivity contribution < 1.29 is 168 Å². The highest BCUT2D eigenvalue weighted by atomic mass is 32.2. The Bertz CT molecular complexity index is 1660. The summed E-state index contributed by atoms with van der Waals surface area (Å²) in [6.07, 6.45) is -24.0. The van der Waals surface area contributed by atoms with E-state index >= 15 is 0 Å². The van der Waals surface area contributed by atoms with Gasteiger partial charge in [-0.15, -0.1) is 0 Å². The van der Waals surface area contributed by atoms with Crippen molar-refractivity contribution in [3.8, 4) is 0 Å². The van der Waals surface area contributed by atoms with Gasteiger partial charge in [-0.25, -0.2) is 0 Å². The van der Waals surface area contributed by atoms with E-state index in [1.165, 1.54) is 0 Å². The molecule has 2 unspecified atom stereocenters. The summed E-state index contributed by atoms with van der Waals surface area (Å²) in [6, 6.07) is -3.18. The first-order valence-corrected chi connectivity index (χ1v) is 22.5. The van der Waals surface area contributed by atoms with Crippen LogP contribution in [0.4, 0.5) is 132 Å². The molecule has 424 valence electrons. The first-order chi connectivity index (χ1) is 31.0. The molecule has 0 amide bonds. The SMILES string of the molecule is CO[Si](CCC(CC(F)(F)F)C(F)(F)C(F)(F)C(F)(F)C(F)(F)C(F)(F)C(F)(F)C(=O)SC(=O)C(F)(F)C(F)(F)C(F)(F)C(F)(F)C(F)(F)C(F)(F)C(CC[Si](OC)(OC)OC)CC(F)(F)F)(OC)OC. The molecular formula is C30H32F30O8SSi2. The van der Waals surface area contributed by atoms with Crippen LogP contribution in [-0.4, -0.2) is 154 Å². The van der Waals surface area contributed by atoms with E-state index in [0.717, 1.165) is 0 Å². The fraction of sp³-hybridized carbons (Fsp3) is 0.933. The van der Waals surface area contributed by atoms with Crippen LogP contribution in [0, 0.1) is 11.8 Å². The summed E-state index contributed by atoms with van der Waals surface area (Å²) in [4.78, 5) is 23.5. The van der Waals surface area contributed by atoms with Gasteiger partial charge in [-0.05, 0) is 24.6 Å². The summed E-state index contributed by atoms with van der Waals surface area (Å²) in [6.45, 7) is 0. The van der Waals surface area contributed by atoms with Gasteiger partial charge >= 0.3 is 101 Å². The van der Waals surface area contributed by atoms with Crippen molar-refractivity contribution in [2.24, 2.45) is 11.8 Å². The number of carbonyl (C=O) groups is 2. The van der Waals surface area contributed by atoms with Crippen LogP contribution in [0.25, 0.3) is 0 Å². The number of rotatable bonds is 28. The molecule has 0 radical (unpaired) electrons. The Morgan fingerprint density at radius 3 is 0.732 bits per heavy atom. The molecule has 0 saturated heterocycles. The highest BCUT2D eigenvalue weighted by molar-refractivity contribution is 8.26. The maximum atomic E-state index is 15.0. The molecular weight excluding hydrogens is 1150 g/mol. The second kappa shape index (κ2) is 21.4. The summed E-state index contributed by atoms with van der Waals surface area (Å²) in [5, 5.41) is -10.3.